The van der Waals surface area contributed by atoms with E-state index >= 15 is 0 Å². The normalized spacial score (nSPS) is 16.2. The summed E-state index contributed by atoms with van der Waals surface area (Å²) >= 11 is 0. The second-order valence-electron chi connectivity index (χ2n) is 6.47. The van der Waals surface area contributed by atoms with Crippen molar-refractivity contribution in [3.63, 3.8) is 0 Å². The number of aliphatic imine (C=N–C) groups is 1. The summed E-state index contributed by atoms with van der Waals surface area (Å²) in [5.74, 6) is 0.408. The lowest BCUT2D eigenvalue weighted by Gasteiger charge is -2.24. The van der Waals surface area contributed by atoms with Crippen LogP contribution in [0, 0.1) is 11.7 Å². The number of hydrogen-bond donors (Lipinski definition) is 3. The van der Waals surface area contributed by atoms with Crippen molar-refractivity contribution in [2.45, 2.75) is 51.7 Å². The van der Waals surface area contributed by atoms with Crippen molar-refractivity contribution in [3.8, 4) is 5.75 Å². The minimum Gasteiger partial charge on any atom is -0.505 e. The number of halogens is 2. The van der Waals surface area contributed by atoms with Gasteiger partial charge >= 0.3 is 0 Å². The fourth-order valence-electron chi connectivity index (χ4n) is 3.40. The lowest BCUT2D eigenvalue weighted by Crippen LogP contribution is -2.39. The van der Waals surface area contributed by atoms with Crippen molar-refractivity contribution in [2.24, 2.45) is 10.9 Å². The number of phenolic OH excluding ortho intramolecular Hbond substituents is 1. The third-order valence-electron chi connectivity index (χ3n) is 4.72. The van der Waals surface area contributed by atoms with Crippen molar-refractivity contribution in [2.75, 3.05) is 20.2 Å². The molecule has 5 nitrogen and oxygen atoms in total. The first-order valence-electron chi connectivity index (χ1n) is 9.17. The predicted molar refractivity (Wildman–Crippen MR) is 114 cm³/mol. The molecule has 7 heteroatoms. The number of nitrogens with one attached hydrogen (secondary N) is 2. The van der Waals surface area contributed by atoms with Crippen molar-refractivity contribution in [1.82, 2.24) is 10.6 Å². The number of rotatable bonds is 8. The molecule has 1 saturated carbocycles. The van der Waals surface area contributed by atoms with Crippen LogP contribution in [0.5, 0.6) is 5.75 Å². The Morgan fingerprint density at radius 1 is 1.35 bits per heavy atom. The second kappa shape index (κ2) is 12.3. The number of ether oxygens (including phenoxy) is 1. The van der Waals surface area contributed by atoms with Gasteiger partial charge in [0.1, 0.15) is 0 Å². The SMILES string of the molecule is CCOC(CCNC(=NC)NCc1ccc(O)c(F)c1)C1CCCC1.I. The smallest absolute Gasteiger partial charge is 0.191 e. The van der Waals surface area contributed by atoms with E-state index in [-0.39, 0.29) is 29.7 Å². The Bertz CT molecular complexity index is 566. The van der Waals surface area contributed by atoms with Gasteiger partial charge < -0.3 is 20.5 Å². The molecule has 0 spiro atoms. The number of phenols is 1. The summed E-state index contributed by atoms with van der Waals surface area (Å²) in [4.78, 5) is 4.19. The molecule has 0 bridgehead atoms. The summed E-state index contributed by atoms with van der Waals surface area (Å²) in [6.45, 7) is 4.02. The number of aromatic hydroxyl groups is 1. The average molecular weight is 479 g/mol. The van der Waals surface area contributed by atoms with Crippen molar-refractivity contribution < 1.29 is 14.2 Å². The van der Waals surface area contributed by atoms with Crippen LogP contribution in [0.2, 0.25) is 0 Å². The van der Waals surface area contributed by atoms with Crippen LogP contribution in [0.3, 0.4) is 0 Å². The van der Waals surface area contributed by atoms with Crippen LogP contribution in [0.1, 0.15) is 44.6 Å². The Labute approximate surface area is 172 Å². The van der Waals surface area contributed by atoms with Gasteiger partial charge in [0, 0.05) is 26.7 Å². The van der Waals surface area contributed by atoms with E-state index in [1.54, 1.807) is 13.1 Å². The Morgan fingerprint density at radius 3 is 2.69 bits per heavy atom. The van der Waals surface area contributed by atoms with Gasteiger partial charge in [-0.2, -0.15) is 0 Å². The van der Waals surface area contributed by atoms with Crippen LogP contribution >= 0.6 is 24.0 Å². The Balaban J connectivity index is 0.00000338. The lowest BCUT2D eigenvalue weighted by molar-refractivity contribution is 0.0169. The number of benzene rings is 1. The van der Waals surface area contributed by atoms with Gasteiger partial charge in [0.15, 0.2) is 17.5 Å². The highest BCUT2D eigenvalue weighted by atomic mass is 127. The predicted octanol–water partition coefficient (Wildman–Crippen LogP) is 3.80. The van der Waals surface area contributed by atoms with Gasteiger partial charge in [-0.1, -0.05) is 18.9 Å². The number of nitrogens with zero attached hydrogens (tertiary/aromatic N) is 1. The van der Waals surface area contributed by atoms with Crippen LogP contribution in [0.25, 0.3) is 0 Å². The van der Waals surface area contributed by atoms with Gasteiger partial charge in [0.2, 0.25) is 0 Å². The topological polar surface area (TPSA) is 65.9 Å². The zero-order valence-corrected chi connectivity index (χ0v) is 18.0. The highest BCUT2D eigenvalue weighted by Gasteiger charge is 2.25. The van der Waals surface area contributed by atoms with E-state index in [0.717, 1.165) is 25.1 Å². The maximum absolute atomic E-state index is 13.4. The molecule has 148 valence electrons. The molecule has 0 aliphatic heterocycles. The van der Waals surface area contributed by atoms with E-state index < -0.39 is 5.82 Å². The maximum atomic E-state index is 13.4. The molecule has 0 radical (unpaired) electrons. The van der Waals surface area contributed by atoms with E-state index in [9.17, 15) is 9.50 Å². The highest BCUT2D eigenvalue weighted by Crippen LogP contribution is 2.30. The summed E-state index contributed by atoms with van der Waals surface area (Å²) in [6, 6.07) is 4.36. The van der Waals surface area contributed by atoms with Crippen molar-refractivity contribution in [3.05, 3.63) is 29.6 Å². The van der Waals surface area contributed by atoms with E-state index in [2.05, 4.69) is 15.6 Å². The zero-order valence-electron chi connectivity index (χ0n) is 15.6. The maximum Gasteiger partial charge on any atom is 0.191 e. The Hall–Kier alpha value is -1.09. The van der Waals surface area contributed by atoms with Gasteiger partial charge in [0.05, 0.1) is 6.10 Å². The number of hydrogen-bond acceptors (Lipinski definition) is 3. The molecule has 0 heterocycles. The van der Waals surface area contributed by atoms with Crippen LogP contribution in [0.15, 0.2) is 23.2 Å². The molecule has 1 unspecified atom stereocenters. The Kier molecular flexibility index (Phi) is 10.9. The molecule has 3 N–H and O–H groups in total. The first-order valence-corrected chi connectivity index (χ1v) is 9.17. The van der Waals surface area contributed by atoms with Crippen LogP contribution in [-0.4, -0.2) is 37.4 Å². The molecular formula is C19H31FIN3O2. The summed E-state index contributed by atoms with van der Waals surface area (Å²) in [5, 5.41) is 15.7. The molecule has 1 atom stereocenters. The standard InChI is InChI=1S/C19H30FN3O2.HI/c1-3-25-18(15-6-4-5-7-15)10-11-22-19(21-2)23-13-14-8-9-17(24)16(20)12-14;/h8-9,12,15,18,24H,3-7,10-11,13H2,1-2H3,(H2,21,22,23);1H. The van der Waals surface area contributed by atoms with E-state index in [4.69, 9.17) is 4.74 Å². The monoisotopic (exact) mass is 479 g/mol. The van der Waals surface area contributed by atoms with E-state index in [0.29, 0.717) is 24.5 Å². The van der Waals surface area contributed by atoms with E-state index in [1.807, 2.05) is 6.92 Å². The van der Waals surface area contributed by atoms with Crippen LogP contribution in [-0.2, 0) is 11.3 Å². The lowest BCUT2D eigenvalue weighted by atomic mass is 9.98. The largest absolute Gasteiger partial charge is 0.505 e. The third-order valence-corrected chi connectivity index (χ3v) is 4.72. The zero-order chi connectivity index (χ0) is 18.1. The molecule has 1 aromatic carbocycles. The summed E-state index contributed by atoms with van der Waals surface area (Å²) in [7, 11) is 1.71. The fraction of sp³-hybridized carbons (Fsp3) is 0.632. The first-order chi connectivity index (χ1) is 12.1. The fourth-order valence-corrected chi connectivity index (χ4v) is 3.40. The second-order valence-corrected chi connectivity index (χ2v) is 6.47. The molecule has 0 aromatic heterocycles. The molecular weight excluding hydrogens is 448 g/mol. The summed E-state index contributed by atoms with van der Waals surface area (Å²) < 4.78 is 19.3. The molecule has 2 rings (SSSR count). The summed E-state index contributed by atoms with van der Waals surface area (Å²) in [6.07, 6.45) is 6.42. The minimum absolute atomic E-state index is 0. The minimum atomic E-state index is -0.613. The third kappa shape index (κ3) is 7.26. The molecule has 0 amide bonds. The van der Waals surface area contributed by atoms with Gasteiger partial charge in [-0.25, -0.2) is 4.39 Å². The van der Waals surface area contributed by atoms with Gasteiger partial charge in [-0.05, 0) is 49.8 Å². The van der Waals surface area contributed by atoms with Crippen LogP contribution in [0.4, 0.5) is 4.39 Å². The van der Waals surface area contributed by atoms with E-state index in [1.165, 1.54) is 37.8 Å². The first kappa shape index (κ1) is 23.0. The molecule has 1 aromatic rings. The van der Waals surface area contributed by atoms with Gasteiger partial charge in [0.25, 0.3) is 0 Å². The van der Waals surface area contributed by atoms with Gasteiger partial charge in [-0.15, -0.1) is 24.0 Å². The number of guanidine groups is 1. The molecule has 1 aliphatic carbocycles. The Morgan fingerprint density at radius 2 is 2.08 bits per heavy atom. The molecule has 0 saturated heterocycles. The van der Waals surface area contributed by atoms with Crippen molar-refractivity contribution >= 4 is 29.9 Å². The van der Waals surface area contributed by atoms with Crippen molar-refractivity contribution in [1.29, 1.82) is 0 Å². The molecule has 26 heavy (non-hydrogen) atoms. The molecule has 1 fully saturated rings. The summed E-state index contributed by atoms with van der Waals surface area (Å²) in [5.41, 5.74) is 0.747. The quantitative estimate of drug-likeness (QED) is 0.302. The van der Waals surface area contributed by atoms with Crippen LogP contribution < -0.4 is 10.6 Å². The average Bonchev–Trinajstić information content (AvgIpc) is 3.14. The van der Waals surface area contributed by atoms with Gasteiger partial charge in [-0.3, -0.25) is 4.99 Å². The molecule has 1 aliphatic rings. The highest BCUT2D eigenvalue weighted by molar-refractivity contribution is 14.0.